The lowest BCUT2D eigenvalue weighted by atomic mass is 10.1. The van der Waals surface area contributed by atoms with Crippen molar-refractivity contribution in [2.45, 2.75) is 12.8 Å². The van der Waals surface area contributed by atoms with Gasteiger partial charge in [0.1, 0.15) is 0 Å². The van der Waals surface area contributed by atoms with E-state index in [0.717, 1.165) is 0 Å². The van der Waals surface area contributed by atoms with E-state index in [-0.39, 0.29) is 24.6 Å². The minimum absolute atomic E-state index is 0.0666. The van der Waals surface area contributed by atoms with E-state index >= 15 is 0 Å². The molecule has 20 heavy (non-hydrogen) atoms. The van der Waals surface area contributed by atoms with Gasteiger partial charge in [0.25, 0.3) is 0 Å². The van der Waals surface area contributed by atoms with Crippen LogP contribution >= 0.6 is 0 Å². The van der Waals surface area contributed by atoms with Crippen molar-refractivity contribution in [2.24, 2.45) is 0 Å². The van der Waals surface area contributed by atoms with E-state index in [2.05, 4.69) is 14.9 Å². The Hall–Kier alpha value is -2.70. The van der Waals surface area contributed by atoms with Gasteiger partial charge < -0.3 is 14.3 Å². The standard InChI is InChI=1S/C13H12N2O5/c1-19-13(18)9-4-2-8(3-5-9)12-15-14-10(20-12)6-7-11(16)17/h2-5H,6-7H2,1H3,(H,16,17). The van der Waals surface area contributed by atoms with E-state index in [1.165, 1.54) is 7.11 Å². The van der Waals surface area contributed by atoms with Gasteiger partial charge >= 0.3 is 11.9 Å². The number of rotatable bonds is 5. The average molecular weight is 276 g/mol. The number of carbonyl (C=O) groups excluding carboxylic acids is 1. The topological polar surface area (TPSA) is 103 Å². The van der Waals surface area contributed by atoms with Crippen molar-refractivity contribution in [1.82, 2.24) is 10.2 Å². The van der Waals surface area contributed by atoms with Gasteiger partial charge in [0.15, 0.2) is 0 Å². The molecule has 1 aromatic carbocycles. The second-order valence-electron chi connectivity index (χ2n) is 3.96. The van der Waals surface area contributed by atoms with Gasteiger partial charge in [-0.3, -0.25) is 4.79 Å². The molecule has 104 valence electrons. The normalized spacial score (nSPS) is 10.2. The van der Waals surface area contributed by atoms with Crippen LogP contribution in [0.4, 0.5) is 0 Å². The Morgan fingerprint density at radius 3 is 2.55 bits per heavy atom. The fourth-order valence-corrected chi connectivity index (χ4v) is 1.55. The van der Waals surface area contributed by atoms with E-state index in [0.29, 0.717) is 11.1 Å². The molecule has 0 unspecified atom stereocenters. The summed E-state index contributed by atoms with van der Waals surface area (Å²) in [6.45, 7) is 0. The van der Waals surface area contributed by atoms with Crippen molar-refractivity contribution in [3.63, 3.8) is 0 Å². The maximum Gasteiger partial charge on any atom is 0.337 e. The van der Waals surface area contributed by atoms with E-state index < -0.39 is 11.9 Å². The Kier molecular flexibility index (Phi) is 4.09. The van der Waals surface area contributed by atoms with E-state index in [4.69, 9.17) is 9.52 Å². The van der Waals surface area contributed by atoms with Crippen LogP contribution in [0.2, 0.25) is 0 Å². The van der Waals surface area contributed by atoms with Gasteiger partial charge in [-0.25, -0.2) is 4.79 Å². The number of carboxylic acid groups (broad SMARTS) is 1. The maximum absolute atomic E-state index is 11.3. The number of carboxylic acids is 1. The number of methoxy groups -OCH3 is 1. The van der Waals surface area contributed by atoms with Gasteiger partial charge in [0.05, 0.1) is 19.1 Å². The number of nitrogens with zero attached hydrogens (tertiary/aromatic N) is 2. The minimum atomic E-state index is -0.924. The first-order chi connectivity index (χ1) is 9.60. The summed E-state index contributed by atoms with van der Waals surface area (Å²) in [7, 11) is 1.31. The van der Waals surface area contributed by atoms with Crippen LogP contribution in [0.15, 0.2) is 28.7 Å². The Morgan fingerprint density at radius 1 is 1.25 bits per heavy atom. The number of aryl methyl sites for hydroxylation is 1. The maximum atomic E-state index is 11.3. The SMILES string of the molecule is COC(=O)c1ccc(-c2nnc(CCC(=O)O)o2)cc1. The molecule has 0 bridgehead atoms. The number of ether oxygens (including phenoxy) is 1. The Labute approximate surface area is 114 Å². The summed E-state index contributed by atoms with van der Waals surface area (Å²) in [4.78, 5) is 21.7. The quantitative estimate of drug-likeness (QED) is 0.826. The summed E-state index contributed by atoms with van der Waals surface area (Å²) in [5.41, 5.74) is 1.06. The molecule has 7 heteroatoms. The molecule has 1 heterocycles. The minimum Gasteiger partial charge on any atom is -0.481 e. The molecular formula is C13H12N2O5. The highest BCUT2D eigenvalue weighted by atomic mass is 16.5. The summed E-state index contributed by atoms with van der Waals surface area (Å²) in [6, 6.07) is 6.48. The molecule has 0 saturated carbocycles. The summed E-state index contributed by atoms with van der Waals surface area (Å²) in [5.74, 6) is -0.808. The molecule has 7 nitrogen and oxygen atoms in total. The lowest BCUT2D eigenvalue weighted by Crippen LogP contribution is -2.00. The zero-order valence-electron chi connectivity index (χ0n) is 10.7. The predicted molar refractivity (Wildman–Crippen MR) is 67.0 cm³/mol. The molecule has 0 fully saturated rings. The number of aliphatic carboxylic acids is 1. The highest BCUT2D eigenvalue weighted by Crippen LogP contribution is 2.19. The van der Waals surface area contributed by atoms with Crippen LogP contribution < -0.4 is 0 Å². The van der Waals surface area contributed by atoms with Crippen LogP contribution in [0.1, 0.15) is 22.7 Å². The van der Waals surface area contributed by atoms with Crippen molar-refractivity contribution in [1.29, 1.82) is 0 Å². The number of hydrogen-bond donors (Lipinski definition) is 1. The molecule has 1 aromatic heterocycles. The van der Waals surface area contributed by atoms with Gasteiger partial charge in [0, 0.05) is 12.0 Å². The summed E-state index contributed by atoms with van der Waals surface area (Å²) >= 11 is 0. The van der Waals surface area contributed by atoms with Crippen LogP contribution in [0.3, 0.4) is 0 Å². The molecule has 0 aliphatic rings. The van der Waals surface area contributed by atoms with E-state index in [1.54, 1.807) is 24.3 Å². The average Bonchev–Trinajstić information content (AvgIpc) is 2.93. The first-order valence-corrected chi connectivity index (χ1v) is 5.83. The summed E-state index contributed by atoms with van der Waals surface area (Å²) in [6.07, 6.45) is 0.117. The van der Waals surface area contributed by atoms with Gasteiger partial charge in [-0.05, 0) is 24.3 Å². The smallest absolute Gasteiger partial charge is 0.337 e. The number of carbonyl (C=O) groups is 2. The number of hydrogen-bond acceptors (Lipinski definition) is 6. The zero-order valence-corrected chi connectivity index (χ0v) is 10.7. The molecule has 0 spiro atoms. The van der Waals surface area contributed by atoms with Gasteiger partial charge in [0.2, 0.25) is 11.8 Å². The fourth-order valence-electron chi connectivity index (χ4n) is 1.55. The molecule has 0 atom stereocenters. The van der Waals surface area contributed by atoms with Crippen molar-refractivity contribution in [2.75, 3.05) is 7.11 Å². The van der Waals surface area contributed by atoms with Crippen molar-refractivity contribution in [3.8, 4) is 11.5 Å². The lowest BCUT2D eigenvalue weighted by Gasteiger charge is -1.99. The summed E-state index contributed by atoms with van der Waals surface area (Å²) < 4.78 is 9.94. The van der Waals surface area contributed by atoms with Crippen LogP contribution in [-0.2, 0) is 16.0 Å². The molecule has 2 rings (SSSR count). The Bertz CT molecular complexity index is 618. The molecular weight excluding hydrogens is 264 g/mol. The highest BCUT2D eigenvalue weighted by molar-refractivity contribution is 5.89. The largest absolute Gasteiger partial charge is 0.481 e. The zero-order chi connectivity index (χ0) is 14.5. The van der Waals surface area contributed by atoms with Crippen molar-refractivity contribution in [3.05, 3.63) is 35.7 Å². The lowest BCUT2D eigenvalue weighted by molar-refractivity contribution is -0.137. The van der Waals surface area contributed by atoms with Gasteiger partial charge in [-0.2, -0.15) is 0 Å². The van der Waals surface area contributed by atoms with Crippen molar-refractivity contribution >= 4 is 11.9 Å². The van der Waals surface area contributed by atoms with Crippen LogP contribution in [0.25, 0.3) is 11.5 Å². The molecule has 0 radical (unpaired) electrons. The molecule has 0 aliphatic carbocycles. The van der Waals surface area contributed by atoms with Gasteiger partial charge in [-0.1, -0.05) is 0 Å². The Balaban J connectivity index is 2.11. The third kappa shape index (κ3) is 3.19. The Morgan fingerprint density at radius 2 is 1.95 bits per heavy atom. The molecule has 0 aliphatic heterocycles. The van der Waals surface area contributed by atoms with E-state index in [1.807, 2.05) is 0 Å². The predicted octanol–water partition coefficient (Wildman–Crippen LogP) is 1.54. The van der Waals surface area contributed by atoms with Gasteiger partial charge in [-0.15, -0.1) is 10.2 Å². The summed E-state index contributed by atoms with van der Waals surface area (Å²) in [5, 5.41) is 16.2. The molecule has 2 aromatic rings. The second kappa shape index (κ2) is 5.96. The third-order valence-electron chi connectivity index (χ3n) is 2.57. The van der Waals surface area contributed by atoms with Crippen LogP contribution in [-0.4, -0.2) is 34.4 Å². The van der Waals surface area contributed by atoms with E-state index in [9.17, 15) is 9.59 Å². The third-order valence-corrected chi connectivity index (χ3v) is 2.57. The highest BCUT2D eigenvalue weighted by Gasteiger charge is 2.11. The van der Waals surface area contributed by atoms with Crippen LogP contribution in [0, 0.1) is 0 Å². The fraction of sp³-hybridized carbons (Fsp3) is 0.231. The monoisotopic (exact) mass is 276 g/mol. The number of benzene rings is 1. The molecule has 0 amide bonds. The molecule has 1 N–H and O–H groups in total. The first-order valence-electron chi connectivity index (χ1n) is 5.83. The first kappa shape index (κ1) is 13.7. The van der Waals surface area contributed by atoms with Crippen LogP contribution in [0.5, 0.6) is 0 Å². The molecule has 0 saturated heterocycles. The number of esters is 1. The number of aromatic nitrogens is 2. The second-order valence-corrected chi connectivity index (χ2v) is 3.96. The van der Waals surface area contributed by atoms with Crippen molar-refractivity contribution < 1.29 is 23.8 Å².